The third kappa shape index (κ3) is 4.64. The highest BCUT2D eigenvalue weighted by atomic mass is 32.2. The summed E-state index contributed by atoms with van der Waals surface area (Å²) in [6.07, 6.45) is -0.786. The molecule has 1 aliphatic heterocycles. The maximum absolute atomic E-state index is 12.8. The first kappa shape index (κ1) is 21.4. The lowest BCUT2D eigenvalue weighted by Crippen LogP contribution is -2.26. The van der Waals surface area contributed by atoms with Gasteiger partial charge in [-0.05, 0) is 18.1 Å². The van der Waals surface area contributed by atoms with Gasteiger partial charge in [-0.3, -0.25) is 0 Å². The van der Waals surface area contributed by atoms with E-state index in [9.17, 15) is 21.6 Å². The molecule has 1 saturated heterocycles. The van der Waals surface area contributed by atoms with Crippen LogP contribution in [0, 0.1) is 0 Å². The highest BCUT2D eigenvalue weighted by Crippen LogP contribution is 2.44. The van der Waals surface area contributed by atoms with Crippen molar-refractivity contribution in [3.63, 3.8) is 0 Å². The molecule has 29 heavy (non-hydrogen) atoms. The first-order chi connectivity index (χ1) is 13.6. The van der Waals surface area contributed by atoms with Crippen molar-refractivity contribution >= 4 is 10.1 Å². The van der Waals surface area contributed by atoms with Crippen molar-refractivity contribution in [3.05, 3.63) is 83.1 Å². The topological polar surface area (TPSA) is 52.6 Å². The van der Waals surface area contributed by atoms with E-state index in [2.05, 4.69) is 4.18 Å². The van der Waals surface area contributed by atoms with Gasteiger partial charge in [0, 0.05) is 17.9 Å². The molecule has 2 aromatic carbocycles. The summed E-state index contributed by atoms with van der Waals surface area (Å²) in [6.45, 7) is 3.12. The molecule has 0 saturated carbocycles. The van der Waals surface area contributed by atoms with E-state index in [0.717, 1.165) is 11.1 Å². The van der Waals surface area contributed by atoms with Crippen LogP contribution in [0.1, 0.15) is 43.4 Å². The molecule has 0 spiro atoms. The molecule has 4 nitrogen and oxygen atoms in total. The van der Waals surface area contributed by atoms with Gasteiger partial charge in [0.2, 0.25) is 0 Å². The van der Waals surface area contributed by atoms with Crippen LogP contribution in [0.25, 0.3) is 0 Å². The van der Waals surface area contributed by atoms with Crippen molar-refractivity contribution in [2.24, 2.45) is 0 Å². The lowest BCUT2D eigenvalue weighted by atomic mass is 9.89. The lowest BCUT2D eigenvalue weighted by Gasteiger charge is -2.23. The maximum Gasteiger partial charge on any atom is 0.534 e. The second-order valence-electron chi connectivity index (χ2n) is 6.92. The molecule has 156 valence electrons. The zero-order valence-electron chi connectivity index (χ0n) is 15.9. The minimum Gasteiger partial charge on any atom is -0.381 e. The van der Waals surface area contributed by atoms with Gasteiger partial charge in [0.1, 0.15) is 5.76 Å². The first-order valence-corrected chi connectivity index (χ1v) is 10.5. The number of allylic oxidation sites excluding steroid dienone is 1. The standard InChI is InChI=1S/C21H21F3O4S/c1-14(16-9-5-3-6-10-16)20-18(15(2)28-29(25,26)21(22,23)24)13-19(27-20)17-11-7-4-8-12-17/h3-12,14,19-20H,13H2,1-2H3/b18-15+/t14?,19-,20-/m0/s1. The quantitative estimate of drug-likeness (QED) is 0.362. The van der Waals surface area contributed by atoms with Crippen LogP contribution in [0.15, 0.2) is 72.0 Å². The van der Waals surface area contributed by atoms with Crippen LogP contribution in [0.5, 0.6) is 0 Å². The summed E-state index contributed by atoms with van der Waals surface area (Å²) in [7, 11) is -5.74. The molecule has 0 radical (unpaired) electrons. The van der Waals surface area contributed by atoms with Crippen LogP contribution >= 0.6 is 0 Å². The normalized spacial score (nSPS) is 22.9. The zero-order valence-corrected chi connectivity index (χ0v) is 16.7. The Morgan fingerprint density at radius 3 is 2.17 bits per heavy atom. The van der Waals surface area contributed by atoms with E-state index in [1.54, 1.807) is 0 Å². The van der Waals surface area contributed by atoms with Crippen molar-refractivity contribution in [1.82, 2.24) is 0 Å². The number of alkyl halides is 3. The average molecular weight is 426 g/mol. The molecular formula is C21H21F3O4S. The van der Waals surface area contributed by atoms with E-state index in [0.29, 0.717) is 5.57 Å². The Labute approximate surface area is 168 Å². The molecule has 2 aromatic rings. The summed E-state index contributed by atoms with van der Waals surface area (Å²) in [5.74, 6) is -0.513. The summed E-state index contributed by atoms with van der Waals surface area (Å²) in [4.78, 5) is 0. The van der Waals surface area contributed by atoms with E-state index in [1.165, 1.54) is 6.92 Å². The molecule has 0 bridgehead atoms. The Kier molecular flexibility index (Phi) is 6.05. The number of hydrogen-bond acceptors (Lipinski definition) is 4. The molecule has 0 aliphatic carbocycles. The van der Waals surface area contributed by atoms with Gasteiger partial charge in [0.15, 0.2) is 0 Å². The van der Waals surface area contributed by atoms with E-state index in [1.807, 2.05) is 67.6 Å². The third-order valence-corrected chi connectivity index (χ3v) is 6.02. The van der Waals surface area contributed by atoms with Gasteiger partial charge in [0.25, 0.3) is 0 Å². The lowest BCUT2D eigenvalue weighted by molar-refractivity contribution is -0.0523. The molecule has 1 heterocycles. The number of ether oxygens (including phenoxy) is 1. The Bertz CT molecular complexity index is 970. The van der Waals surface area contributed by atoms with Crippen molar-refractivity contribution in [2.75, 3.05) is 0 Å². The fraction of sp³-hybridized carbons (Fsp3) is 0.333. The molecule has 1 unspecified atom stereocenters. The molecule has 0 aromatic heterocycles. The SMILES string of the molecule is C/C(OS(=O)(=O)C(F)(F)F)=C1/C[C@@H](c2ccccc2)O[C@H]1C(C)c1ccccc1. The van der Waals surface area contributed by atoms with Crippen LogP contribution in [0.3, 0.4) is 0 Å². The predicted molar refractivity (Wildman–Crippen MR) is 102 cm³/mol. The molecule has 1 fully saturated rings. The highest BCUT2D eigenvalue weighted by molar-refractivity contribution is 7.87. The summed E-state index contributed by atoms with van der Waals surface area (Å²) < 4.78 is 71.9. The van der Waals surface area contributed by atoms with E-state index in [-0.39, 0.29) is 18.1 Å². The Balaban J connectivity index is 1.98. The fourth-order valence-electron chi connectivity index (χ4n) is 3.45. The smallest absolute Gasteiger partial charge is 0.381 e. The maximum atomic E-state index is 12.8. The minimum absolute atomic E-state index is 0.216. The van der Waals surface area contributed by atoms with Crippen LogP contribution in [0.4, 0.5) is 13.2 Å². The third-order valence-electron chi connectivity index (χ3n) is 4.98. The van der Waals surface area contributed by atoms with Crippen molar-refractivity contribution in [2.45, 2.75) is 43.9 Å². The largest absolute Gasteiger partial charge is 0.534 e. The number of hydrogen-bond donors (Lipinski definition) is 0. The zero-order chi connectivity index (χ0) is 21.2. The second-order valence-corrected chi connectivity index (χ2v) is 8.46. The van der Waals surface area contributed by atoms with Crippen LogP contribution < -0.4 is 0 Å². The monoisotopic (exact) mass is 426 g/mol. The van der Waals surface area contributed by atoms with Gasteiger partial charge in [-0.1, -0.05) is 67.6 Å². The first-order valence-electron chi connectivity index (χ1n) is 9.06. The number of rotatable bonds is 5. The summed E-state index contributed by atoms with van der Waals surface area (Å²) >= 11 is 0. The molecule has 1 aliphatic rings. The second kappa shape index (κ2) is 8.20. The summed E-state index contributed by atoms with van der Waals surface area (Å²) in [5, 5.41) is 0. The molecular weight excluding hydrogens is 405 g/mol. The highest BCUT2D eigenvalue weighted by Gasteiger charge is 2.49. The molecule has 0 amide bonds. The van der Waals surface area contributed by atoms with Crippen LogP contribution in [0.2, 0.25) is 0 Å². The minimum atomic E-state index is -5.74. The average Bonchev–Trinajstić information content (AvgIpc) is 3.13. The van der Waals surface area contributed by atoms with Crippen molar-refractivity contribution in [1.29, 1.82) is 0 Å². The molecule has 3 atom stereocenters. The van der Waals surface area contributed by atoms with Gasteiger partial charge in [-0.25, -0.2) is 0 Å². The number of halogens is 3. The Morgan fingerprint density at radius 2 is 1.62 bits per heavy atom. The predicted octanol–water partition coefficient (Wildman–Crippen LogP) is 5.46. The van der Waals surface area contributed by atoms with Crippen LogP contribution in [-0.2, 0) is 19.0 Å². The summed E-state index contributed by atoms with van der Waals surface area (Å²) in [5.41, 5.74) is -3.30. The molecule has 3 rings (SSSR count). The Morgan fingerprint density at radius 1 is 1.07 bits per heavy atom. The molecule has 0 N–H and O–H groups in total. The number of benzene rings is 2. The summed E-state index contributed by atoms with van der Waals surface area (Å²) in [6, 6.07) is 18.6. The van der Waals surface area contributed by atoms with Crippen molar-refractivity contribution in [3.8, 4) is 0 Å². The molecule has 8 heteroatoms. The fourth-order valence-corrected chi connectivity index (χ4v) is 3.98. The Hall–Kier alpha value is -2.32. The van der Waals surface area contributed by atoms with Crippen molar-refractivity contribution < 1.29 is 30.5 Å². The van der Waals surface area contributed by atoms with Gasteiger partial charge < -0.3 is 8.92 Å². The van der Waals surface area contributed by atoms with Crippen LogP contribution in [-0.4, -0.2) is 20.0 Å². The van der Waals surface area contributed by atoms with Gasteiger partial charge in [-0.2, -0.15) is 21.6 Å². The van der Waals surface area contributed by atoms with E-state index in [4.69, 9.17) is 4.74 Å². The van der Waals surface area contributed by atoms with E-state index >= 15 is 0 Å². The van der Waals surface area contributed by atoms with Gasteiger partial charge in [-0.15, -0.1) is 0 Å². The van der Waals surface area contributed by atoms with Gasteiger partial charge >= 0.3 is 15.6 Å². The van der Waals surface area contributed by atoms with E-state index < -0.39 is 27.8 Å². The van der Waals surface area contributed by atoms with Gasteiger partial charge in [0.05, 0.1) is 12.2 Å².